The minimum atomic E-state index is -3.79. The molecule has 0 fully saturated rings. The quantitative estimate of drug-likeness (QED) is 0.159. The Morgan fingerprint density at radius 2 is 1.47 bits per heavy atom. The highest BCUT2D eigenvalue weighted by Crippen LogP contribution is 2.38. The number of imidazole rings is 1. The van der Waals surface area contributed by atoms with E-state index in [1.165, 1.54) is 0 Å². The van der Waals surface area contributed by atoms with E-state index in [0.717, 1.165) is 70.4 Å². The topological polar surface area (TPSA) is 99.7 Å². The summed E-state index contributed by atoms with van der Waals surface area (Å²) in [7, 11) is -3.79. The third-order valence-electron chi connectivity index (χ3n) is 8.22. The number of nitrogens with zero attached hydrogens (tertiary/aromatic N) is 3. The van der Waals surface area contributed by atoms with Crippen molar-refractivity contribution in [1.82, 2.24) is 14.5 Å². The molecule has 1 atom stereocenters. The third kappa shape index (κ3) is 6.81. The predicted molar refractivity (Wildman–Crippen MR) is 176 cm³/mol. The number of ether oxygens (including phenoxy) is 2. The van der Waals surface area contributed by atoms with E-state index in [2.05, 4.69) is 77.9 Å². The van der Waals surface area contributed by atoms with Crippen molar-refractivity contribution in [2.45, 2.75) is 57.3 Å². The Morgan fingerprint density at radius 1 is 0.844 bits per heavy atom. The van der Waals surface area contributed by atoms with Gasteiger partial charge in [-0.3, -0.25) is 4.90 Å². The molecule has 9 heteroatoms. The van der Waals surface area contributed by atoms with Gasteiger partial charge in [-0.15, -0.1) is 0 Å². The van der Waals surface area contributed by atoms with Crippen LogP contribution in [0.4, 0.5) is 0 Å². The standard InChI is InChI=1S/C36H38N4O4S/c1-3-4-21-40-35(34(29-11-7-5-8-12-29)38-36(40)30-13-9-6-10-14-30)26(2)39(23-27-15-18-31(19-16-27)45(37,41)42)24-28-17-20-32-33(22-28)44-25-43-32/h5-20,22,26H,3-4,21,23-25H2,1-2H3,(H2,37,41,42)/t26-/m0/s1. The lowest BCUT2D eigenvalue weighted by molar-refractivity contribution is 0.173. The number of sulfonamides is 1. The summed E-state index contributed by atoms with van der Waals surface area (Å²) in [5, 5.41) is 5.39. The average Bonchev–Trinajstić information content (AvgIpc) is 3.68. The van der Waals surface area contributed by atoms with E-state index in [-0.39, 0.29) is 17.7 Å². The zero-order valence-electron chi connectivity index (χ0n) is 25.6. The molecule has 2 heterocycles. The molecule has 1 aliphatic rings. The van der Waals surface area contributed by atoms with E-state index in [4.69, 9.17) is 19.6 Å². The van der Waals surface area contributed by atoms with Gasteiger partial charge in [0.1, 0.15) is 5.82 Å². The van der Waals surface area contributed by atoms with Crippen molar-refractivity contribution in [2.24, 2.45) is 5.14 Å². The Labute approximate surface area is 265 Å². The number of fused-ring (bicyclic) bond motifs is 1. The van der Waals surface area contributed by atoms with E-state index >= 15 is 0 Å². The van der Waals surface area contributed by atoms with Gasteiger partial charge in [-0.2, -0.15) is 0 Å². The van der Waals surface area contributed by atoms with Gasteiger partial charge in [0.2, 0.25) is 16.8 Å². The molecule has 45 heavy (non-hydrogen) atoms. The molecule has 6 rings (SSSR count). The molecule has 4 aromatic carbocycles. The molecule has 5 aromatic rings. The van der Waals surface area contributed by atoms with Crippen molar-refractivity contribution in [2.75, 3.05) is 6.79 Å². The SMILES string of the molecule is CCCCn1c(-c2ccccc2)nc(-c2ccccc2)c1[C@H](C)N(Cc1ccc(S(N)(=O)=O)cc1)Cc1ccc2c(c1)OCO2. The van der Waals surface area contributed by atoms with Crippen molar-refractivity contribution in [3.63, 3.8) is 0 Å². The first-order chi connectivity index (χ1) is 21.8. The van der Waals surface area contributed by atoms with Gasteiger partial charge in [-0.05, 0) is 48.7 Å². The number of hydrogen-bond donors (Lipinski definition) is 1. The normalized spacial score (nSPS) is 13.3. The maximum Gasteiger partial charge on any atom is 0.238 e. The third-order valence-corrected chi connectivity index (χ3v) is 9.15. The van der Waals surface area contributed by atoms with Crippen molar-refractivity contribution >= 4 is 10.0 Å². The highest BCUT2D eigenvalue weighted by molar-refractivity contribution is 7.89. The van der Waals surface area contributed by atoms with Crippen molar-refractivity contribution in [1.29, 1.82) is 0 Å². The van der Waals surface area contributed by atoms with Crippen LogP contribution in [0.15, 0.2) is 108 Å². The number of hydrogen-bond acceptors (Lipinski definition) is 6. The molecule has 232 valence electrons. The van der Waals surface area contributed by atoms with Crippen LogP contribution in [-0.2, 0) is 29.7 Å². The number of unbranched alkanes of at least 4 members (excludes halogenated alkanes) is 1. The largest absolute Gasteiger partial charge is 0.454 e. The lowest BCUT2D eigenvalue weighted by atomic mass is 10.0. The van der Waals surface area contributed by atoms with Gasteiger partial charge in [0.15, 0.2) is 11.5 Å². The summed E-state index contributed by atoms with van der Waals surface area (Å²) in [4.78, 5) is 7.81. The smallest absolute Gasteiger partial charge is 0.238 e. The highest BCUT2D eigenvalue weighted by Gasteiger charge is 2.28. The first-order valence-corrected chi connectivity index (χ1v) is 16.8. The van der Waals surface area contributed by atoms with Gasteiger partial charge in [0.25, 0.3) is 0 Å². The Morgan fingerprint density at radius 3 is 2.13 bits per heavy atom. The molecule has 1 aromatic heterocycles. The van der Waals surface area contributed by atoms with E-state index in [9.17, 15) is 8.42 Å². The number of rotatable bonds is 12. The predicted octanol–water partition coefficient (Wildman–Crippen LogP) is 7.16. The fourth-order valence-electron chi connectivity index (χ4n) is 5.84. The van der Waals surface area contributed by atoms with Gasteiger partial charge in [0.05, 0.1) is 22.3 Å². The Hall–Kier alpha value is -4.44. The second-order valence-electron chi connectivity index (χ2n) is 11.4. The molecule has 0 unspecified atom stereocenters. The molecular formula is C36H38N4O4S. The number of primary sulfonamides is 1. The van der Waals surface area contributed by atoms with Gasteiger partial charge in [-0.25, -0.2) is 18.5 Å². The minimum Gasteiger partial charge on any atom is -0.454 e. The maximum absolute atomic E-state index is 11.9. The Balaban J connectivity index is 1.47. The Bertz CT molecular complexity index is 1860. The first kappa shape index (κ1) is 30.6. The lowest BCUT2D eigenvalue weighted by Crippen LogP contribution is -2.28. The minimum absolute atomic E-state index is 0.0784. The van der Waals surface area contributed by atoms with E-state index in [0.29, 0.717) is 13.1 Å². The number of nitrogens with two attached hydrogens (primary N) is 1. The first-order valence-electron chi connectivity index (χ1n) is 15.3. The average molecular weight is 623 g/mol. The van der Waals surface area contributed by atoms with Crippen LogP contribution in [0, 0.1) is 0 Å². The second-order valence-corrected chi connectivity index (χ2v) is 12.9. The fraction of sp³-hybridized carbons (Fsp3) is 0.250. The summed E-state index contributed by atoms with van der Waals surface area (Å²) in [6.07, 6.45) is 2.07. The van der Waals surface area contributed by atoms with E-state index < -0.39 is 10.0 Å². The lowest BCUT2D eigenvalue weighted by Gasteiger charge is -2.31. The van der Waals surface area contributed by atoms with Gasteiger partial charge in [0, 0.05) is 30.8 Å². The number of aromatic nitrogens is 2. The van der Waals surface area contributed by atoms with Crippen LogP contribution in [0.3, 0.4) is 0 Å². The molecule has 8 nitrogen and oxygen atoms in total. The van der Waals surface area contributed by atoms with Crippen LogP contribution in [0.5, 0.6) is 11.5 Å². The molecule has 0 saturated heterocycles. The van der Waals surface area contributed by atoms with Crippen LogP contribution in [0.1, 0.15) is 49.6 Å². The summed E-state index contributed by atoms with van der Waals surface area (Å²) in [5.41, 5.74) is 6.28. The number of benzene rings is 4. The van der Waals surface area contributed by atoms with E-state index in [1.807, 2.05) is 36.4 Å². The van der Waals surface area contributed by atoms with Crippen LogP contribution < -0.4 is 14.6 Å². The second kappa shape index (κ2) is 13.3. The summed E-state index contributed by atoms with van der Waals surface area (Å²) < 4.78 is 37.5. The molecule has 2 N–H and O–H groups in total. The molecule has 0 amide bonds. The summed E-state index contributed by atoms with van der Waals surface area (Å²) in [6, 6.07) is 33.5. The molecule has 0 saturated carbocycles. The van der Waals surface area contributed by atoms with Gasteiger partial charge in [-0.1, -0.05) is 92.2 Å². The van der Waals surface area contributed by atoms with Gasteiger partial charge < -0.3 is 14.0 Å². The molecule has 0 aliphatic carbocycles. The van der Waals surface area contributed by atoms with Gasteiger partial charge >= 0.3 is 0 Å². The van der Waals surface area contributed by atoms with Crippen molar-refractivity contribution in [3.8, 4) is 34.1 Å². The van der Waals surface area contributed by atoms with Crippen LogP contribution in [0.2, 0.25) is 0 Å². The van der Waals surface area contributed by atoms with Crippen molar-refractivity contribution < 1.29 is 17.9 Å². The summed E-state index contributed by atoms with van der Waals surface area (Å²) in [6.45, 7) is 6.66. The molecular weight excluding hydrogens is 584 g/mol. The van der Waals surface area contributed by atoms with Crippen LogP contribution >= 0.6 is 0 Å². The molecule has 0 bridgehead atoms. The van der Waals surface area contributed by atoms with Crippen LogP contribution in [-0.4, -0.2) is 29.7 Å². The molecule has 0 spiro atoms. The molecule has 1 aliphatic heterocycles. The van der Waals surface area contributed by atoms with Crippen molar-refractivity contribution in [3.05, 3.63) is 120 Å². The zero-order chi connectivity index (χ0) is 31.4. The summed E-state index contributed by atoms with van der Waals surface area (Å²) in [5.74, 6) is 2.43. The molecule has 0 radical (unpaired) electrons. The maximum atomic E-state index is 11.9. The monoisotopic (exact) mass is 622 g/mol. The highest BCUT2D eigenvalue weighted by atomic mass is 32.2. The summed E-state index contributed by atoms with van der Waals surface area (Å²) >= 11 is 0. The van der Waals surface area contributed by atoms with Crippen LogP contribution in [0.25, 0.3) is 22.6 Å². The Kier molecular flexibility index (Phi) is 9.02. The zero-order valence-corrected chi connectivity index (χ0v) is 26.4. The fourth-order valence-corrected chi connectivity index (χ4v) is 6.36. The van der Waals surface area contributed by atoms with E-state index in [1.54, 1.807) is 12.1 Å².